The van der Waals surface area contributed by atoms with Crippen molar-refractivity contribution in [2.75, 3.05) is 26.2 Å². The number of carboxylic acid groups (broad SMARTS) is 1. The molecule has 1 amide bonds. The molecule has 0 bridgehead atoms. The summed E-state index contributed by atoms with van der Waals surface area (Å²) >= 11 is 14.0. The smallest absolute Gasteiger partial charge is 0.407 e. The Hall–Kier alpha value is -3.33. The normalized spacial score (nSPS) is 18.2. The van der Waals surface area contributed by atoms with Gasteiger partial charge < -0.3 is 15.3 Å². The Kier molecular flexibility index (Phi) is 13.0. The molecule has 0 spiro atoms. The predicted molar refractivity (Wildman–Crippen MR) is 219 cm³/mol. The number of hydrogen-bond acceptors (Lipinski definition) is 9. The molecule has 4 aromatic carbocycles. The van der Waals surface area contributed by atoms with Crippen molar-refractivity contribution in [3.05, 3.63) is 105 Å². The van der Waals surface area contributed by atoms with Crippen molar-refractivity contribution >= 4 is 70.9 Å². The van der Waals surface area contributed by atoms with E-state index in [1.807, 2.05) is 0 Å². The summed E-state index contributed by atoms with van der Waals surface area (Å²) in [6.45, 7) is 1.95. The highest BCUT2D eigenvalue weighted by molar-refractivity contribution is 7.99. The number of nitrogens with zero attached hydrogens (tertiary/aromatic N) is 1. The van der Waals surface area contributed by atoms with E-state index in [0.29, 0.717) is 24.0 Å². The summed E-state index contributed by atoms with van der Waals surface area (Å²) in [4.78, 5) is 13.2. The molecular weight excluding hydrogens is 890 g/mol. The lowest BCUT2D eigenvalue weighted by Crippen LogP contribution is -2.46. The third kappa shape index (κ3) is 9.76. The number of likely N-dealkylation sites (tertiary alicyclic amines) is 1. The van der Waals surface area contributed by atoms with E-state index in [9.17, 15) is 38.8 Å². The maximum absolute atomic E-state index is 13.8. The minimum Gasteiger partial charge on any atom is -0.465 e. The van der Waals surface area contributed by atoms with Crippen molar-refractivity contribution in [1.82, 2.24) is 19.7 Å². The van der Waals surface area contributed by atoms with Gasteiger partial charge in [-0.15, -0.1) is 0 Å². The Morgan fingerprint density at radius 3 is 1.83 bits per heavy atom. The van der Waals surface area contributed by atoms with Crippen molar-refractivity contribution in [3.8, 4) is 0 Å². The summed E-state index contributed by atoms with van der Waals surface area (Å²) in [5, 5.41) is 12.4. The summed E-state index contributed by atoms with van der Waals surface area (Å²) < 4.78 is 111. The summed E-state index contributed by atoms with van der Waals surface area (Å²) in [6, 6.07) is 13.4. The van der Waals surface area contributed by atoms with E-state index in [2.05, 4.69) is 14.8 Å². The van der Waals surface area contributed by atoms with Crippen molar-refractivity contribution in [1.29, 1.82) is 0 Å². The Balaban J connectivity index is 0.000000181. The Bertz CT molecular complexity index is 2640. The zero-order valence-electron chi connectivity index (χ0n) is 31.3. The van der Waals surface area contributed by atoms with Gasteiger partial charge in [-0.3, -0.25) is 0 Å². The van der Waals surface area contributed by atoms with Crippen molar-refractivity contribution in [3.63, 3.8) is 0 Å². The molecule has 0 radical (unpaired) electrons. The van der Waals surface area contributed by atoms with E-state index in [0.717, 1.165) is 71.8 Å². The molecule has 4 heterocycles. The monoisotopic (exact) mass is 928 g/mol. The van der Waals surface area contributed by atoms with E-state index in [-0.39, 0.29) is 67.4 Å². The molecule has 59 heavy (non-hydrogen) atoms. The van der Waals surface area contributed by atoms with Crippen LogP contribution in [0.3, 0.4) is 0 Å². The van der Waals surface area contributed by atoms with E-state index in [1.165, 1.54) is 47.0 Å². The summed E-state index contributed by atoms with van der Waals surface area (Å²) in [7, 11) is -12.1. The number of hydrogen-bond donors (Lipinski definition) is 4. The Labute approximate surface area is 356 Å². The molecule has 20 heteroatoms. The van der Waals surface area contributed by atoms with Crippen LogP contribution >= 0.6 is 35.0 Å². The van der Waals surface area contributed by atoms with E-state index in [4.69, 9.17) is 28.3 Å². The lowest BCUT2D eigenvalue weighted by molar-refractivity contribution is 0.131. The summed E-state index contributed by atoms with van der Waals surface area (Å²) in [6.07, 6.45) is 3.14. The number of amides is 1. The minimum atomic E-state index is -4.20. The first-order chi connectivity index (χ1) is 27.9. The molecule has 0 unspecified atom stereocenters. The maximum atomic E-state index is 13.8. The van der Waals surface area contributed by atoms with Crippen LogP contribution < -0.4 is 14.8 Å². The number of rotatable bonds is 6. The fourth-order valence-corrected chi connectivity index (χ4v) is 14.5. The minimum absolute atomic E-state index is 0.0893. The van der Waals surface area contributed by atoms with Crippen LogP contribution in [0.25, 0.3) is 0 Å². The molecule has 4 aliphatic heterocycles. The summed E-state index contributed by atoms with van der Waals surface area (Å²) in [5.74, 6) is -0.994. The zero-order chi connectivity index (χ0) is 42.3. The lowest BCUT2D eigenvalue weighted by Gasteiger charge is -2.30. The first kappa shape index (κ1) is 43.7. The lowest BCUT2D eigenvalue weighted by atomic mass is 10.0. The van der Waals surface area contributed by atoms with Crippen molar-refractivity contribution < 1.29 is 43.9 Å². The third-order valence-corrected chi connectivity index (χ3v) is 17.8. The largest absolute Gasteiger partial charge is 0.465 e. The van der Waals surface area contributed by atoms with Gasteiger partial charge in [0.25, 0.3) is 0 Å². The van der Waals surface area contributed by atoms with Crippen LogP contribution in [0.1, 0.15) is 47.9 Å². The molecule has 0 saturated carbocycles. The van der Waals surface area contributed by atoms with Gasteiger partial charge in [-0.2, -0.15) is 0 Å². The second kappa shape index (κ2) is 17.6. The van der Waals surface area contributed by atoms with E-state index < -0.39 is 47.8 Å². The fraction of sp³-hybridized carbons (Fsp3) is 0.359. The average Bonchev–Trinajstić information content (AvgIpc) is 3.41. The molecule has 0 atom stereocenters. The van der Waals surface area contributed by atoms with Gasteiger partial charge in [0.2, 0.25) is 29.9 Å². The molecule has 4 aromatic rings. The number of benzene rings is 4. The molecular formula is C39H40Cl2F2N4O8S4. The number of carbonyl (C=O) groups is 1. The van der Waals surface area contributed by atoms with Gasteiger partial charge in [0, 0.05) is 35.0 Å². The van der Waals surface area contributed by atoms with Crippen molar-refractivity contribution in [2.45, 2.75) is 92.8 Å². The van der Waals surface area contributed by atoms with Gasteiger partial charge >= 0.3 is 6.09 Å². The van der Waals surface area contributed by atoms with Crippen LogP contribution in [0.15, 0.2) is 90.0 Å². The number of fused-ring (bicyclic) bond motifs is 4. The Morgan fingerprint density at radius 1 is 0.695 bits per heavy atom. The van der Waals surface area contributed by atoms with Gasteiger partial charge in [-0.1, -0.05) is 47.1 Å². The molecule has 2 fully saturated rings. The number of piperidine rings is 2. The van der Waals surface area contributed by atoms with Gasteiger partial charge in [-0.25, -0.2) is 48.3 Å². The zero-order valence-corrected chi connectivity index (χ0v) is 36.1. The predicted octanol–water partition coefficient (Wildman–Crippen LogP) is 6.59. The first-order valence-corrected chi connectivity index (χ1v) is 24.8. The Morgan fingerprint density at radius 2 is 1.19 bits per heavy atom. The highest BCUT2D eigenvalue weighted by Gasteiger charge is 2.33. The fourth-order valence-electron chi connectivity index (χ4n) is 7.58. The van der Waals surface area contributed by atoms with Gasteiger partial charge in [0.15, 0.2) is 0 Å². The van der Waals surface area contributed by atoms with Crippen LogP contribution in [0, 0.1) is 11.6 Å². The van der Waals surface area contributed by atoms with Gasteiger partial charge in [0.05, 0.1) is 19.8 Å². The van der Waals surface area contributed by atoms with Crippen LogP contribution in [0.4, 0.5) is 13.6 Å². The molecule has 4 N–H and O–H groups in total. The van der Waals surface area contributed by atoms with E-state index >= 15 is 0 Å². The molecule has 8 rings (SSSR count). The van der Waals surface area contributed by atoms with Crippen LogP contribution in [0.5, 0.6) is 0 Å². The second-order valence-electron chi connectivity index (χ2n) is 14.7. The topological polar surface area (TPSA) is 179 Å². The standard InChI is InChI=1S/C20H20ClFN2O6S2.C19H20ClFN2O2S2/c21-16-9-13-2-1-12-3-4-14(22)10-17(12)31(27,28)18(13)11-19(16)32(29,30)23-15-5-7-24(8-6-15)20(25)26;20-16-9-13-2-1-12-3-4-14(21)10-17(12)26-18(13)11-19(16)27(24,25)23-15-5-7-22-8-6-15/h3-4,9-11,15,23H,1-2,5-8H2,(H,25,26);3-4,9-11,15,22-23H,1-2,5-8H2. The average molecular weight is 930 g/mol. The number of halogens is 4. The number of sulfonamides is 2. The molecule has 0 aliphatic carbocycles. The number of sulfone groups is 1. The number of nitrogens with one attached hydrogen (secondary N) is 3. The quantitative estimate of drug-likeness (QED) is 0.165. The van der Waals surface area contributed by atoms with Crippen LogP contribution in [-0.4, -0.2) is 79.6 Å². The molecule has 316 valence electrons. The van der Waals surface area contributed by atoms with Gasteiger partial charge in [0.1, 0.15) is 21.4 Å². The van der Waals surface area contributed by atoms with Crippen molar-refractivity contribution in [2.24, 2.45) is 0 Å². The highest BCUT2D eigenvalue weighted by Crippen LogP contribution is 2.41. The molecule has 4 aliphatic rings. The first-order valence-electron chi connectivity index (χ1n) is 18.8. The SMILES string of the molecule is O=C(O)N1CCC(NS(=O)(=O)c2cc3c(cc2Cl)CCc2ccc(F)cc2S3(=O)=O)CC1.O=S(=O)(NC1CCNCC1)c1cc2c(cc1Cl)CCc1ccc(F)cc1S2. The van der Waals surface area contributed by atoms with Crippen LogP contribution in [0.2, 0.25) is 10.0 Å². The second-order valence-corrected chi connectivity index (χ2v) is 21.9. The maximum Gasteiger partial charge on any atom is 0.407 e. The van der Waals surface area contributed by atoms with Crippen LogP contribution in [-0.2, 0) is 55.6 Å². The highest BCUT2D eigenvalue weighted by atomic mass is 35.5. The molecule has 0 aromatic heterocycles. The molecule has 12 nitrogen and oxygen atoms in total. The number of aryl methyl sites for hydroxylation is 4. The van der Waals surface area contributed by atoms with E-state index in [1.54, 1.807) is 18.2 Å². The molecule has 2 saturated heterocycles. The summed E-state index contributed by atoms with van der Waals surface area (Å²) in [5.41, 5.74) is 2.86. The third-order valence-electron chi connectivity index (χ3n) is 10.7. The van der Waals surface area contributed by atoms with Gasteiger partial charge in [-0.05, 0) is 135 Å².